The van der Waals surface area contributed by atoms with Crippen LogP contribution in [0.3, 0.4) is 0 Å². The topological polar surface area (TPSA) is 113 Å². The van der Waals surface area contributed by atoms with Crippen LogP contribution in [0.25, 0.3) is 0 Å². The van der Waals surface area contributed by atoms with Gasteiger partial charge in [0.2, 0.25) is 5.91 Å². The lowest BCUT2D eigenvalue weighted by Crippen LogP contribution is -2.54. The number of piperidine rings is 1. The highest BCUT2D eigenvalue weighted by Gasteiger charge is 2.30. The minimum atomic E-state index is -0.896. The van der Waals surface area contributed by atoms with Crippen LogP contribution in [0.15, 0.2) is 0 Å². The lowest BCUT2D eigenvalue weighted by atomic mass is 9.98. The monoisotopic (exact) mass is 271 g/mol. The van der Waals surface area contributed by atoms with Crippen LogP contribution in [0.2, 0.25) is 0 Å². The van der Waals surface area contributed by atoms with Crippen LogP contribution in [-0.2, 0) is 9.59 Å². The third-order valence-corrected chi connectivity index (χ3v) is 3.31. The molecule has 1 aliphatic rings. The minimum absolute atomic E-state index is 0.110. The van der Waals surface area contributed by atoms with Crippen molar-refractivity contribution in [1.82, 2.24) is 10.2 Å². The van der Waals surface area contributed by atoms with Gasteiger partial charge < -0.3 is 21.1 Å². The molecule has 1 saturated heterocycles. The van der Waals surface area contributed by atoms with Gasteiger partial charge in [-0.2, -0.15) is 0 Å². The highest BCUT2D eigenvalue weighted by atomic mass is 16.4. The van der Waals surface area contributed by atoms with E-state index in [0.717, 1.165) is 0 Å². The van der Waals surface area contributed by atoms with Gasteiger partial charge in [-0.15, -0.1) is 0 Å². The summed E-state index contributed by atoms with van der Waals surface area (Å²) in [5.41, 5.74) is 5.22. The number of likely N-dealkylation sites (tertiary alicyclic amines) is 1. The number of amides is 3. The number of hydrogen-bond donors (Lipinski definition) is 3. The van der Waals surface area contributed by atoms with E-state index in [1.54, 1.807) is 13.8 Å². The summed E-state index contributed by atoms with van der Waals surface area (Å²) in [6.45, 7) is 4.24. The Balaban J connectivity index is 2.62. The first-order valence-corrected chi connectivity index (χ1v) is 6.40. The first-order chi connectivity index (χ1) is 8.82. The van der Waals surface area contributed by atoms with Crippen molar-refractivity contribution >= 4 is 17.9 Å². The van der Waals surface area contributed by atoms with Crippen molar-refractivity contribution in [2.24, 2.45) is 17.6 Å². The molecule has 0 aromatic heterocycles. The Kier molecular flexibility index (Phi) is 5.14. The SMILES string of the molecule is CC(C)C(NC(=O)N1CCCC(C(=O)O)C1)C(N)=O. The van der Waals surface area contributed by atoms with Crippen molar-refractivity contribution in [3.63, 3.8) is 0 Å². The molecule has 0 radical (unpaired) electrons. The Bertz CT molecular complexity index is 370. The molecule has 1 heterocycles. The lowest BCUT2D eigenvalue weighted by Gasteiger charge is -2.32. The molecule has 0 aromatic carbocycles. The van der Waals surface area contributed by atoms with Gasteiger partial charge in [0.1, 0.15) is 6.04 Å². The number of aliphatic carboxylic acids is 1. The third kappa shape index (κ3) is 4.11. The summed E-state index contributed by atoms with van der Waals surface area (Å²) in [6, 6.07) is -1.17. The average molecular weight is 271 g/mol. The molecule has 3 amide bonds. The first kappa shape index (κ1) is 15.3. The second-order valence-corrected chi connectivity index (χ2v) is 5.20. The minimum Gasteiger partial charge on any atom is -0.481 e. The average Bonchev–Trinajstić information content (AvgIpc) is 2.34. The summed E-state index contributed by atoms with van der Waals surface area (Å²) in [6.07, 6.45) is 1.22. The molecule has 0 saturated carbocycles. The fraction of sp³-hybridized carbons (Fsp3) is 0.750. The van der Waals surface area contributed by atoms with Gasteiger partial charge in [-0.05, 0) is 18.8 Å². The normalized spacial score (nSPS) is 21.0. The van der Waals surface area contributed by atoms with Crippen molar-refractivity contribution in [3.05, 3.63) is 0 Å². The van der Waals surface area contributed by atoms with Crippen molar-refractivity contribution in [3.8, 4) is 0 Å². The summed E-state index contributed by atoms with van der Waals surface area (Å²) in [7, 11) is 0. The molecule has 108 valence electrons. The zero-order valence-corrected chi connectivity index (χ0v) is 11.3. The molecule has 1 aliphatic heterocycles. The fourth-order valence-corrected chi connectivity index (χ4v) is 2.15. The number of hydrogen-bond acceptors (Lipinski definition) is 3. The molecule has 0 bridgehead atoms. The number of carboxylic acid groups (broad SMARTS) is 1. The van der Waals surface area contributed by atoms with E-state index < -0.39 is 29.9 Å². The zero-order valence-electron chi connectivity index (χ0n) is 11.3. The molecule has 4 N–H and O–H groups in total. The molecule has 19 heavy (non-hydrogen) atoms. The van der Waals surface area contributed by atoms with Crippen LogP contribution in [0.4, 0.5) is 4.79 Å². The highest BCUT2D eigenvalue weighted by Crippen LogP contribution is 2.17. The molecule has 1 fully saturated rings. The summed E-state index contributed by atoms with van der Waals surface area (Å²) in [4.78, 5) is 35.6. The van der Waals surface area contributed by atoms with Crippen molar-refractivity contribution < 1.29 is 19.5 Å². The van der Waals surface area contributed by atoms with Crippen LogP contribution < -0.4 is 11.1 Å². The smallest absolute Gasteiger partial charge is 0.318 e. The van der Waals surface area contributed by atoms with E-state index >= 15 is 0 Å². The maximum Gasteiger partial charge on any atom is 0.318 e. The zero-order chi connectivity index (χ0) is 14.6. The predicted octanol–water partition coefficient (Wildman–Crippen LogP) is 0.00250. The van der Waals surface area contributed by atoms with Crippen LogP contribution in [0, 0.1) is 11.8 Å². The number of urea groups is 1. The van der Waals surface area contributed by atoms with E-state index in [1.807, 2.05) is 0 Å². The number of nitrogens with two attached hydrogens (primary N) is 1. The van der Waals surface area contributed by atoms with Crippen LogP contribution >= 0.6 is 0 Å². The molecule has 0 spiro atoms. The number of carboxylic acids is 1. The summed E-state index contributed by atoms with van der Waals surface area (Å²) < 4.78 is 0. The van der Waals surface area contributed by atoms with E-state index in [1.165, 1.54) is 4.90 Å². The van der Waals surface area contributed by atoms with Crippen LogP contribution in [0.5, 0.6) is 0 Å². The van der Waals surface area contributed by atoms with Crippen molar-refractivity contribution in [2.45, 2.75) is 32.7 Å². The Labute approximate surface area is 112 Å². The lowest BCUT2D eigenvalue weighted by molar-refractivity contribution is -0.143. The van der Waals surface area contributed by atoms with E-state index in [-0.39, 0.29) is 12.5 Å². The number of nitrogens with zero attached hydrogens (tertiary/aromatic N) is 1. The van der Waals surface area contributed by atoms with Gasteiger partial charge in [-0.1, -0.05) is 13.8 Å². The van der Waals surface area contributed by atoms with E-state index in [9.17, 15) is 14.4 Å². The van der Waals surface area contributed by atoms with Gasteiger partial charge in [-0.3, -0.25) is 9.59 Å². The standard InChI is InChI=1S/C12H21N3O4/c1-7(2)9(10(13)16)14-12(19)15-5-3-4-8(6-15)11(17)18/h7-9H,3-6H2,1-2H3,(H2,13,16)(H,14,19)(H,17,18). The summed E-state index contributed by atoms with van der Waals surface area (Å²) in [5, 5.41) is 11.5. The van der Waals surface area contributed by atoms with Crippen LogP contribution in [-0.4, -0.2) is 47.0 Å². The van der Waals surface area contributed by atoms with Gasteiger partial charge in [0, 0.05) is 13.1 Å². The highest BCUT2D eigenvalue weighted by molar-refractivity contribution is 5.86. The Hall–Kier alpha value is -1.79. The molecule has 0 aromatic rings. The Morgan fingerprint density at radius 1 is 1.37 bits per heavy atom. The second kappa shape index (κ2) is 6.40. The largest absolute Gasteiger partial charge is 0.481 e. The molecular weight excluding hydrogens is 250 g/mol. The number of carbonyl (C=O) groups is 3. The maximum absolute atomic E-state index is 12.0. The van der Waals surface area contributed by atoms with Gasteiger partial charge in [-0.25, -0.2) is 4.79 Å². The number of primary amides is 1. The molecule has 2 atom stereocenters. The molecular formula is C12H21N3O4. The van der Waals surface area contributed by atoms with Gasteiger partial charge in [0.05, 0.1) is 5.92 Å². The molecule has 7 nitrogen and oxygen atoms in total. The third-order valence-electron chi connectivity index (χ3n) is 3.31. The van der Waals surface area contributed by atoms with Crippen molar-refractivity contribution in [1.29, 1.82) is 0 Å². The quantitative estimate of drug-likeness (QED) is 0.668. The molecule has 7 heteroatoms. The van der Waals surface area contributed by atoms with E-state index in [2.05, 4.69) is 5.32 Å². The summed E-state index contributed by atoms with van der Waals surface area (Å²) in [5.74, 6) is -2.13. The van der Waals surface area contributed by atoms with E-state index in [4.69, 9.17) is 10.8 Å². The summed E-state index contributed by atoms with van der Waals surface area (Å²) >= 11 is 0. The predicted molar refractivity (Wildman–Crippen MR) is 68.3 cm³/mol. The van der Waals surface area contributed by atoms with Crippen LogP contribution in [0.1, 0.15) is 26.7 Å². The second-order valence-electron chi connectivity index (χ2n) is 5.20. The fourth-order valence-electron chi connectivity index (χ4n) is 2.15. The van der Waals surface area contributed by atoms with Gasteiger partial charge in [0.15, 0.2) is 0 Å². The van der Waals surface area contributed by atoms with E-state index in [0.29, 0.717) is 19.4 Å². The molecule has 1 rings (SSSR count). The number of nitrogens with one attached hydrogen (secondary N) is 1. The number of rotatable bonds is 4. The van der Waals surface area contributed by atoms with Crippen molar-refractivity contribution in [2.75, 3.05) is 13.1 Å². The first-order valence-electron chi connectivity index (χ1n) is 6.40. The maximum atomic E-state index is 12.0. The molecule has 2 unspecified atom stereocenters. The van der Waals surface area contributed by atoms with Gasteiger partial charge in [0.25, 0.3) is 0 Å². The molecule has 0 aliphatic carbocycles. The Morgan fingerprint density at radius 3 is 2.47 bits per heavy atom. The Morgan fingerprint density at radius 2 is 2.00 bits per heavy atom. The number of carbonyl (C=O) groups excluding carboxylic acids is 2. The van der Waals surface area contributed by atoms with Gasteiger partial charge >= 0.3 is 12.0 Å².